The van der Waals surface area contributed by atoms with E-state index in [9.17, 15) is 14.4 Å². The van der Waals surface area contributed by atoms with Crippen molar-refractivity contribution in [2.75, 3.05) is 13.2 Å². The maximum atomic E-state index is 12.6. The number of hydrogen-bond acceptors (Lipinski definition) is 4. The Morgan fingerprint density at radius 1 is 1.03 bits per heavy atom. The van der Waals surface area contributed by atoms with Gasteiger partial charge in [-0.25, -0.2) is 4.79 Å². The Hall–Kier alpha value is -3.35. The second-order valence-corrected chi connectivity index (χ2v) is 9.27. The lowest BCUT2D eigenvalue weighted by molar-refractivity contribution is -0.139. The summed E-state index contributed by atoms with van der Waals surface area (Å²) in [6.45, 7) is 4.44. The monoisotopic (exact) mass is 450 g/mol. The minimum Gasteiger partial charge on any atom is -0.481 e. The summed E-state index contributed by atoms with van der Waals surface area (Å²) in [7, 11) is 0. The van der Waals surface area contributed by atoms with Crippen LogP contribution in [-0.2, 0) is 14.3 Å². The fraction of sp³-hybridized carbons (Fsp3) is 0.423. The molecule has 174 valence electrons. The number of amides is 2. The third-order valence-electron chi connectivity index (χ3n) is 6.66. The highest BCUT2D eigenvalue weighted by Crippen LogP contribution is 2.44. The maximum Gasteiger partial charge on any atom is 0.407 e. The normalized spacial score (nSPS) is 19.4. The molecule has 1 fully saturated rings. The number of ether oxygens (including phenoxy) is 1. The summed E-state index contributed by atoms with van der Waals surface area (Å²) in [6.07, 6.45) is 0.171. The van der Waals surface area contributed by atoms with Gasteiger partial charge < -0.3 is 20.5 Å². The van der Waals surface area contributed by atoms with Gasteiger partial charge in [0.15, 0.2) is 0 Å². The molecule has 33 heavy (non-hydrogen) atoms. The lowest BCUT2D eigenvalue weighted by Gasteiger charge is -2.22. The first-order valence-corrected chi connectivity index (χ1v) is 11.5. The zero-order valence-corrected chi connectivity index (χ0v) is 18.9. The van der Waals surface area contributed by atoms with Crippen LogP contribution in [-0.4, -0.2) is 42.3 Å². The van der Waals surface area contributed by atoms with Crippen molar-refractivity contribution in [2.45, 2.75) is 38.6 Å². The number of alkyl carbamates (subject to hydrolysis) is 1. The highest BCUT2D eigenvalue weighted by Gasteiger charge is 2.43. The van der Waals surface area contributed by atoms with Crippen LogP contribution in [0, 0.1) is 17.8 Å². The van der Waals surface area contributed by atoms with E-state index in [1.807, 2.05) is 38.1 Å². The number of hydrogen-bond donors (Lipinski definition) is 3. The Morgan fingerprint density at radius 2 is 1.64 bits per heavy atom. The molecule has 0 aliphatic heterocycles. The Kier molecular flexibility index (Phi) is 6.67. The molecule has 2 amide bonds. The van der Waals surface area contributed by atoms with Crippen LogP contribution in [0.25, 0.3) is 11.1 Å². The largest absolute Gasteiger partial charge is 0.481 e. The number of benzene rings is 2. The predicted molar refractivity (Wildman–Crippen MR) is 124 cm³/mol. The van der Waals surface area contributed by atoms with Crippen LogP contribution in [0.2, 0.25) is 0 Å². The lowest BCUT2D eigenvalue weighted by Crippen LogP contribution is -2.43. The maximum absolute atomic E-state index is 12.6. The highest BCUT2D eigenvalue weighted by atomic mass is 16.5. The number of carbonyl (C=O) groups excluding carboxylic acids is 2. The molecule has 0 unspecified atom stereocenters. The second kappa shape index (κ2) is 9.65. The van der Waals surface area contributed by atoms with Crippen molar-refractivity contribution in [3.8, 4) is 11.1 Å². The van der Waals surface area contributed by atoms with Crippen molar-refractivity contribution in [3.05, 3.63) is 59.7 Å². The molecule has 4 rings (SSSR count). The quantitative estimate of drug-likeness (QED) is 0.539. The number of carboxylic acid groups (broad SMARTS) is 1. The van der Waals surface area contributed by atoms with E-state index in [1.54, 1.807) is 0 Å². The summed E-state index contributed by atoms with van der Waals surface area (Å²) in [6, 6.07) is 15.9. The van der Waals surface area contributed by atoms with Crippen LogP contribution in [0.4, 0.5) is 4.79 Å². The molecule has 1 saturated carbocycles. The number of rotatable bonds is 9. The van der Waals surface area contributed by atoms with Crippen LogP contribution in [0.5, 0.6) is 0 Å². The second-order valence-electron chi connectivity index (χ2n) is 9.27. The fourth-order valence-electron chi connectivity index (χ4n) is 4.54. The van der Waals surface area contributed by atoms with E-state index in [0.717, 1.165) is 11.1 Å². The topological polar surface area (TPSA) is 105 Å². The molecule has 2 aromatic carbocycles. The van der Waals surface area contributed by atoms with Crippen molar-refractivity contribution >= 4 is 18.0 Å². The van der Waals surface area contributed by atoms with E-state index in [1.165, 1.54) is 11.1 Å². The molecule has 0 heterocycles. The third kappa shape index (κ3) is 5.18. The Balaban J connectivity index is 1.30. The third-order valence-corrected chi connectivity index (χ3v) is 6.66. The van der Waals surface area contributed by atoms with Crippen LogP contribution in [0.3, 0.4) is 0 Å². The fourth-order valence-corrected chi connectivity index (χ4v) is 4.54. The van der Waals surface area contributed by atoms with Gasteiger partial charge in [-0.3, -0.25) is 9.59 Å². The van der Waals surface area contributed by atoms with E-state index in [2.05, 4.69) is 34.9 Å². The van der Waals surface area contributed by atoms with Gasteiger partial charge in [-0.2, -0.15) is 0 Å². The standard InChI is InChI=1S/C26H30N2O5/c1-15(2)23(12-24(29)27-13-16-11-21(16)25(30)31)28-26(32)33-14-22-19-9-5-3-7-17(19)18-8-4-6-10-20(18)22/h3-10,15-16,21-23H,11-14H2,1-2H3,(H,27,29)(H,28,32)(H,30,31)/t16-,21-,23+/m0/s1. The van der Waals surface area contributed by atoms with Gasteiger partial charge in [-0.15, -0.1) is 0 Å². The Labute approximate surface area is 193 Å². The summed E-state index contributed by atoms with van der Waals surface area (Å²) in [5, 5.41) is 14.6. The molecule has 0 bridgehead atoms. The molecular formula is C26H30N2O5. The van der Waals surface area contributed by atoms with Gasteiger partial charge in [-0.05, 0) is 40.5 Å². The smallest absolute Gasteiger partial charge is 0.407 e. The molecule has 0 radical (unpaired) electrons. The summed E-state index contributed by atoms with van der Waals surface area (Å²) in [5.41, 5.74) is 4.62. The Bertz CT molecular complexity index is 1000. The van der Waals surface area contributed by atoms with Crippen molar-refractivity contribution in [1.82, 2.24) is 10.6 Å². The van der Waals surface area contributed by atoms with Gasteiger partial charge >= 0.3 is 12.1 Å². The number of aliphatic carboxylic acids is 1. The van der Waals surface area contributed by atoms with Crippen molar-refractivity contribution in [2.24, 2.45) is 17.8 Å². The van der Waals surface area contributed by atoms with Gasteiger partial charge in [0.25, 0.3) is 0 Å². The first kappa shape index (κ1) is 22.8. The molecule has 0 spiro atoms. The average molecular weight is 451 g/mol. The highest BCUT2D eigenvalue weighted by molar-refractivity contribution is 5.80. The molecule has 2 aromatic rings. The molecule has 0 saturated heterocycles. The van der Waals surface area contributed by atoms with E-state index < -0.39 is 12.1 Å². The van der Waals surface area contributed by atoms with Gasteiger partial charge in [0.2, 0.25) is 5.91 Å². The van der Waals surface area contributed by atoms with Gasteiger partial charge in [0.1, 0.15) is 6.61 Å². The number of nitrogens with one attached hydrogen (secondary N) is 2. The SMILES string of the molecule is CC(C)[C@@H](CC(=O)NC[C@@H]1C[C@@H]1C(=O)O)NC(=O)OCC1c2ccccc2-c2ccccc21. The van der Waals surface area contributed by atoms with Crippen LogP contribution < -0.4 is 10.6 Å². The molecule has 7 nitrogen and oxygen atoms in total. The molecule has 0 aromatic heterocycles. The molecular weight excluding hydrogens is 420 g/mol. The summed E-state index contributed by atoms with van der Waals surface area (Å²) < 4.78 is 5.60. The van der Waals surface area contributed by atoms with Crippen molar-refractivity contribution < 1.29 is 24.2 Å². The molecule has 2 aliphatic carbocycles. The molecule has 2 aliphatic rings. The number of carboxylic acids is 1. The van der Waals surface area contributed by atoms with Crippen LogP contribution in [0.15, 0.2) is 48.5 Å². The summed E-state index contributed by atoms with van der Waals surface area (Å²) in [5.74, 6) is -1.37. The van der Waals surface area contributed by atoms with E-state index >= 15 is 0 Å². The number of carbonyl (C=O) groups is 3. The predicted octanol–water partition coefficient (Wildman–Crippen LogP) is 3.78. The van der Waals surface area contributed by atoms with E-state index in [-0.39, 0.29) is 48.6 Å². The van der Waals surface area contributed by atoms with E-state index in [0.29, 0.717) is 13.0 Å². The Morgan fingerprint density at radius 3 is 2.18 bits per heavy atom. The summed E-state index contributed by atoms with van der Waals surface area (Å²) in [4.78, 5) is 35.8. The lowest BCUT2D eigenvalue weighted by atomic mass is 9.98. The zero-order chi connectivity index (χ0) is 23.5. The molecule has 3 N–H and O–H groups in total. The minimum atomic E-state index is -0.814. The first-order chi connectivity index (χ1) is 15.8. The first-order valence-electron chi connectivity index (χ1n) is 11.5. The molecule has 7 heteroatoms. The minimum absolute atomic E-state index is 0.000888. The summed E-state index contributed by atoms with van der Waals surface area (Å²) >= 11 is 0. The van der Waals surface area contributed by atoms with Crippen LogP contribution in [0.1, 0.15) is 43.7 Å². The van der Waals surface area contributed by atoms with E-state index in [4.69, 9.17) is 9.84 Å². The van der Waals surface area contributed by atoms with Crippen LogP contribution >= 0.6 is 0 Å². The zero-order valence-electron chi connectivity index (χ0n) is 18.9. The molecule has 3 atom stereocenters. The van der Waals surface area contributed by atoms with Crippen molar-refractivity contribution in [3.63, 3.8) is 0 Å². The van der Waals surface area contributed by atoms with Crippen molar-refractivity contribution in [1.29, 1.82) is 0 Å². The number of fused-ring (bicyclic) bond motifs is 3. The van der Waals surface area contributed by atoms with Gasteiger partial charge in [0, 0.05) is 24.9 Å². The van der Waals surface area contributed by atoms with Gasteiger partial charge in [-0.1, -0.05) is 62.4 Å². The average Bonchev–Trinajstić information content (AvgIpc) is 3.51. The van der Waals surface area contributed by atoms with Gasteiger partial charge in [0.05, 0.1) is 5.92 Å².